The van der Waals surface area contributed by atoms with E-state index in [0.717, 1.165) is 17.7 Å². The zero-order valence-electron chi connectivity index (χ0n) is 11.2. The van der Waals surface area contributed by atoms with Crippen LogP contribution in [0.25, 0.3) is 11.3 Å². The Morgan fingerprint density at radius 3 is 2.80 bits per heavy atom. The molecule has 0 atom stereocenters. The lowest BCUT2D eigenvalue weighted by Gasteiger charge is -2.07. The first-order chi connectivity index (χ1) is 9.60. The number of rotatable bonds is 5. The molecule has 1 heterocycles. The van der Waals surface area contributed by atoms with Gasteiger partial charge in [0.1, 0.15) is 11.4 Å². The first kappa shape index (κ1) is 13.8. The van der Waals surface area contributed by atoms with Gasteiger partial charge in [-0.1, -0.05) is 19.1 Å². The first-order valence-electron chi connectivity index (χ1n) is 6.27. The number of anilines is 1. The standard InChI is InChI=1S/C14H16N4O2/c1-2-6-20-10-5-3-4-9(7-10)11-8-12(13(15)19)18-14(16)17-11/h3-5,7-8H,2,6H2,1H3,(H2,15,19)(H2,16,17,18). The van der Waals surface area contributed by atoms with Crippen LogP contribution in [0, 0.1) is 0 Å². The van der Waals surface area contributed by atoms with Crippen LogP contribution in [-0.2, 0) is 0 Å². The Kier molecular flexibility index (Phi) is 4.14. The van der Waals surface area contributed by atoms with Gasteiger partial charge in [-0.15, -0.1) is 0 Å². The number of carbonyl (C=O) groups is 1. The Morgan fingerprint density at radius 2 is 2.10 bits per heavy atom. The Balaban J connectivity index is 2.38. The highest BCUT2D eigenvalue weighted by atomic mass is 16.5. The van der Waals surface area contributed by atoms with Crippen LogP contribution in [0.15, 0.2) is 30.3 Å². The Morgan fingerprint density at radius 1 is 1.30 bits per heavy atom. The quantitative estimate of drug-likeness (QED) is 0.860. The van der Waals surface area contributed by atoms with Crippen molar-refractivity contribution in [2.45, 2.75) is 13.3 Å². The minimum Gasteiger partial charge on any atom is -0.494 e. The molecule has 0 bridgehead atoms. The molecular weight excluding hydrogens is 256 g/mol. The van der Waals surface area contributed by atoms with Crippen LogP contribution in [0.4, 0.5) is 5.95 Å². The Labute approximate surface area is 116 Å². The predicted molar refractivity (Wildman–Crippen MR) is 76.2 cm³/mol. The van der Waals surface area contributed by atoms with Gasteiger partial charge in [0, 0.05) is 5.56 Å². The van der Waals surface area contributed by atoms with Gasteiger partial charge < -0.3 is 16.2 Å². The third-order valence-electron chi connectivity index (χ3n) is 2.60. The topological polar surface area (TPSA) is 104 Å². The molecule has 1 aromatic carbocycles. The number of nitrogen functional groups attached to an aromatic ring is 1. The van der Waals surface area contributed by atoms with Crippen molar-refractivity contribution in [3.8, 4) is 17.0 Å². The lowest BCUT2D eigenvalue weighted by molar-refractivity contribution is 0.0995. The van der Waals surface area contributed by atoms with Crippen molar-refractivity contribution in [1.29, 1.82) is 0 Å². The maximum atomic E-state index is 11.2. The lowest BCUT2D eigenvalue weighted by Crippen LogP contribution is -2.15. The van der Waals surface area contributed by atoms with Crippen LogP contribution in [0.3, 0.4) is 0 Å². The van der Waals surface area contributed by atoms with Crippen molar-refractivity contribution in [2.75, 3.05) is 12.3 Å². The van der Waals surface area contributed by atoms with E-state index in [2.05, 4.69) is 9.97 Å². The molecule has 0 fully saturated rings. The van der Waals surface area contributed by atoms with Gasteiger partial charge in [-0.05, 0) is 24.6 Å². The van der Waals surface area contributed by atoms with E-state index in [-0.39, 0.29) is 11.6 Å². The second kappa shape index (κ2) is 6.01. The minimum atomic E-state index is -0.640. The highest BCUT2D eigenvalue weighted by Gasteiger charge is 2.09. The van der Waals surface area contributed by atoms with Gasteiger partial charge in [-0.25, -0.2) is 9.97 Å². The normalized spacial score (nSPS) is 10.2. The first-order valence-corrected chi connectivity index (χ1v) is 6.27. The van der Waals surface area contributed by atoms with Gasteiger partial charge in [-0.3, -0.25) is 4.79 Å². The van der Waals surface area contributed by atoms with E-state index in [1.54, 1.807) is 0 Å². The zero-order chi connectivity index (χ0) is 14.5. The molecule has 0 aliphatic carbocycles. The van der Waals surface area contributed by atoms with Crippen LogP contribution in [0.5, 0.6) is 5.75 Å². The molecule has 0 spiro atoms. The molecule has 0 unspecified atom stereocenters. The van der Waals surface area contributed by atoms with Crippen molar-refractivity contribution < 1.29 is 9.53 Å². The van der Waals surface area contributed by atoms with E-state index in [1.165, 1.54) is 6.07 Å². The molecule has 1 amide bonds. The third-order valence-corrected chi connectivity index (χ3v) is 2.60. The molecule has 0 saturated carbocycles. The van der Waals surface area contributed by atoms with Crippen LogP contribution < -0.4 is 16.2 Å². The second-order valence-electron chi connectivity index (χ2n) is 4.24. The number of ether oxygens (including phenoxy) is 1. The van der Waals surface area contributed by atoms with Crippen molar-refractivity contribution in [2.24, 2.45) is 5.73 Å². The summed E-state index contributed by atoms with van der Waals surface area (Å²) in [6.45, 7) is 2.68. The fourth-order valence-corrected chi connectivity index (χ4v) is 1.71. The molecule has 4 N–H and O–H groups in total. The van der Waals surface area contributed by atoms with Crippen LogP contribution in [0.2, 0.25) is 0 Å². The molecule has 0 aliphatic rings. The number of hydrogen-bond acceptors (Lipinski definition) is 5. The number of primary amides is 1. The number of nitrogens with zero attached hydrogens (tertiary/aromatic N) is 2. The largest absolute Gasteiger partial charge is 0.494 e. The molecule has 2 rings (SSSR count). The summed E-state index contributed by atoms with van der Waals surface area (Å²) in [5.74, 6) is 0.108. The molecule has 20 heavy (non-hydrogen) atoms. The highest BCUT2D eigenvalue weighted by molar-refractivity contribution is 5.92. The molecule has 0 saturated heterocycles. The van der Waals surface area contributed by atoms with Crippen molar-refractivity contribution in [1.82, 2.24) is 9.97 Å². The van der Waals surface area contributed by atoms with Gasteiger partial charge in [0.05, 0.1) is 12.3 Å². The van der Waals surface area contributed by atoms with Crippen LogP contribution >= 0.6 is 0 Å². The van der Waals surface area contributed by atoms with E-state index in [4.69, 9.17) is 16.2 Å². The molecular formula is C14H16N4O2. The maximum absolute atomic E-state index is 11.2. The van der Waals surface area contributed by atoms with Crippen LogP contribution in [-0.4, -0.2) is 22.5 Å². The summed E-state index contributed by atoms with van der Waals surface area (Å²) >= 11 is 0. The third kappa shape index (κ3) is 3.23. The highest BCUT2D eigenvalue weighted by Crippen LogP contribution is 2.23. The number of benzene rings is 1. The molecule has 0 aliphatic heterocycles. The van der Waals surface area contributed by atoms with E-state index < -0.39 is 5.91 Å². The van der Waals surface area contributed by atoms with Crippen molar-refractivity contribution in [3.05, 3.63) is 36.0 Å². The monoisotopic (exact) mass is 272 g/mol. The van der Waals surface area contributed by atoms with Crippen molar-refractivity contribution >= 4 is 11.9 Å². The fourth-order valence-electron chi connectivity index (χ4n) is 1.71. The maximum Gasteiger partial charge on any atom is 0.267 e. The van der Waals surface area contributed by atoms with E-state index in [1.807, 2.05) is 31.2 Å². The number of aromatic nitrogens is 2. The van der Waals surface area contributed by atoms with Gasteiger partial charge in [0.25, 0.3) is 5.91 Å². The molecule has 6 heteroatoms. The lowest BCUT2D eigenvalue weighted by atomic mass is 10.1. The summed E-state index contributed by atoms with van der Waals surface area (Å²) in [5, 5.41) is 0. The summed E-state index contributed by atoms with van der Waals surface area (Å²) in [6, 6.07) is 8.91. The second-order valence-corrected chi connectivity index (χ2v) is 4.24. The summed E-state index contributed by atoms with van der Waals surface area (Å²) < 4.78 is 5.56. The summed E-state index contributed by atoms with van der Waals surface area (Å²) in [5.41, 5.74) is 12.2. The van der Waals surface area contributed by atoms with Crippen LogP contribution in [0.1, 0.15) is 23.8 Å². The molecule has 1 aromatic heterocycles. The van der Waals surface area contributed by atoms with Gasteiger partial charge in [-0.2, -0.15) is 0 Å². The average Bonchev–Trinajstić information content (AvgIpc) is 2.44. The van der Waals surface area contributed by atoms with Gasteiger partial charge in [0.15, 0.2) is 0 Å². The van der Waals surface area contributed by atoms with E-state index >= 15 is 0 Å². The van der Waals surface area contributed by atoms with Crippen molar-refractivity contribution in [3.63, 3.8) is 0 Å². The SMILES string of the molecule is CCCOc1cccc(-c2cc(C(N)=O)nc(N)n2)c1. The smallest absolute Gasteiger partial charge is 0.267 e. The predicted octanol–water partition coefficient (Wildman–Crippen LogP) is 1.61. The number of nitrogens with two attached hydrogens (primary N) is 2. The van der Waals surface area contributed by atoms with Gasteiger partial charge in [0.2, 0.25) is 5.95 Å². The van der Waals surface area contributed by atoms with Gasteiger partial charge >= 0.3 is 0 Å². The van der Waals surface area contributed by atoms with E-state index in [0.29, 0.717) is 12.3 Å². The Hall–Kier alpha value is -2.63. The minimum absolute atomic E-state index is 0.0104. The van der Waals surface area contributed by atoms with E-state index in [9.17, 15) is 4.79 Å². The Bertz CT molecular complexity index is 628. The summed E-state index contributed by atoms with van der Waals surface area (Å²) in [7, 11) is 0. The summed E-state index contributed by atoms with van der Waals surface area (Å²) in [4.78, 5) is 19.1. The average molecular weight is 272 g/mol. The number of hydrogen-bond donors (Lipinski definition) is 2. The molecule has 0 radical (unpaired) electrons. The molecule has 6 nitrogen and oxygen atoms in total. The molecule has 2 aromatic rings. The number of amides is 1. The summed E-state index contributed by atoms with van der Waals surface area (Å²) in [6.07, 6.45) is 0.927. The number of carbonyl (C=O) groups excluding carboxylic acids is 1. The fraction of sp³-hybridized carbons (Fsp3) is 0.214. The zero-order valence-corrected chi connectivity index (χ0v) is 11.2. The molecule has 104 valence electrons.